The molecule has 12 heteroatoms. The van der Waals surface area contributed by atoms with Gasteiger partial charge in [-0.05, 0) is 39.0 Å². The molecule has 31 heavy (non-hydrogen) atoms. The summed E-state index contributed by atoms with van der Waals surface area (Å²) in [6, 6.07) is 3.18. The molecule has 3 rings (SSSR count). The fraction of sp³-hybridized carbons (Fsp3) is 0.526. The van der Waals surface area contributed by atoms with E-state index in [1.807, 2.05) is 0 Å². The molecule has 0 aliphatic carbocycles. The minimum atomic E-state index is -3.99. The number of benzene rings is 1. The molecule has 1 aromatic rings. The number of halogens is 1. The molecule has 0 unspecified atom stereocenters. The van der Waals surface area contributed by atoms with Crippen LogP contribution in [0.1, 0.15) is 31.1 Å². The van der Waals surface area contributed by atoms with Crippen molar-refractivity contribution in [1.29, 1.82) is 0 Å². The Morgan fingerprint density at radius 3 is 2.48 bits per heavy atom. The van der Waals surface area contributed by atoms with Crippen molar-refractivity contribution in [2.24, 2.45) is 0 Å². The number of esters is 1. The van der Waals surface area contributed by atoms with Crippen LogP contribution in [0.2, 0.25) is 5.02 Å². The third-order valence-electron chi connectivity index (χ3n) is 4.93. The summed E-state index contributed by atoms with van der Waals surface area (Å²) in [5, 5.41) is 2.45. The lowest BCUT2D eigenvalue weighted by Gasteiger charge is -2.34. The number of carbonyl (C=O) groups excluding carboxylic acids is 3. The Hall–Kier alpha value is -2.21. The van der Waals surface area contributed by atoms with Crippen LogP contribution in [-0.2, 0) is 24.3 Å². The van der Waals surface area contributed by atoms with Gasteiger partial charge in [0.25, 0.3) is 5.91 Å². The first kappa shape index (κ1) is 23.5. The molecule has 2 aliphatic heterocycles. The van der Waals surface area contributed by atoms with Crippen LogP contribution in [-0.4, -0.2) is 80.0 Å². The van der Waals surface area contributed by atoms with Gasteiger partial charge in [-0.1, -0.05) is 11.6 Å². The Morgan fingerprint density at radius 2 is 1.90 bits per heavy atom. The number of imide groups is 1. The zero-order valence-electron chi connectivity index (χ0n) is 17.3. The molecule has 10 nitrogen and oxygen atoms in total. The standard InChI is InChI=1S/C19H24ClN3O7S/c1-11-9-22(10-12(2)29-11)31(27,28)16-8-14(4-5-15(16)20)18(25)30-13(3)17(24)23-7-6-21-19(23)26/h4-5,8,11-13H,6-7,9-10H2,1-3H3,(H,21,26)/t11-,12+,13-/m0/s1. The van der Waals surface area contributed by atoms with Gasteiger partial charge in [0, 0.05) is 26.2 Å². The van der Waals surface area contributed by atoms with E-state index in [4.69, 9.17) is 21.1 Å². The van der Waals surface area contributed by atoms with Crippen LogP contribution in [0.3, 0.4) is 0 Å². The van der Waals surface area contributed by atoms with Gasteiger partial charge in [-0.2, -0.15) is 4.31 Å². The highest BCUT2D eigenvalue weighted by Crippen LogP contribution is 2.28. The lowest BCUT2D eigenvalue weighted by molar-refractivity contribution is -0.136. The second-order valence-corrected chi connectivity index (χ2v) is 9.81. The van der Waals surface area contributed by atoms with Gasteiger partial charge in [-0.3, -0.25) is 9.69 Å². The number of amides is 3. The zero-order chi connectivity index (χ0) is 22.9. The monoisotopic (exact) mass is 473 g/mol. The summed E-state index contributed by atoms with van der Waals surface area (Å²) in [7, 11) is -3.99. The predicted octanol–water partition coefficient (Wildman–Crippen LogP) is 1.24. The summed E-state index contributed by atoms with van der Waals surface area (Å²) in [6.45, 7) is 5.69. The lowest BCUT2D eigenvalue weighted by atomic mass is 10.2. The maximum atomic E-state index is 13.1. The quantitative estimate of drug-likeness (QED) is 0.638. The third-order valence-corrected chi connectivity index (χ3v) is 7.24. The molecule has 0 radical (unpaired) electrons. The van der Waals surface area contributed by atoms with Crippen LogP contribution in [0.5, 0.6) is 0 Å². The lowest BCUT2D eigenvalue weighted by Crippen LogP contribution is -2.48. The van der Waals surface area contributed by atoms with Gasteiger partial charge in [0.2, 0.25) is 10.0 Å². The maximum absolute atomic E-state index is 13.1. The van der Waals surface area contributed by atoms with Gasteiger partial charge in [-0.15, -0.1) is 0 Å². The van der Waals surface area contributed by atoms with Gasteiger partial charge in [0.05, 0.1) is 22.8 Å². The summed E-state index contributed by atoms with van der Waals surface area (Å²) in [6.07, 6.45) is -1.81. The zero-order valence-corrected chi connectivity index (χ0v) is 18.9. The number of urea groups is 1. The number of morpholine rings is 1. The molecular formula is C19H24ClN3O7S. The van der Waals surface area contributed by atoms with E-state index in [1.54, 1.807) is 13.8 Å². The number of ether oxygens (including phenoxy) is 2. The highest BCUT2D eigenvalue weighted by Gasteiger charge is 2.35. The molecule has 0 aromatic heterocycles. The predicted molar refractivity (Wildman–Crippen MR) is 110 cm³/mol. The minimum absolute atomic E-state index is 0.0405. The van der Waals surface area contributed by atoms with E-state index in [2.05, 4.69) is 5.32 Å². The third kappa shape index (κ3) is 5.00. The molecule has 0 spiro atoms. The number of nitrogens with one attached hydrogen (secondary N) is 1. The summed E-state index contributed by atoms with van der Waals surface area (Å²) in [5.41, 5.74) is -0.0807. The van der Waals surface area contributed by atoms with Crippen molar-refractivity contribution < 1.29 is 32.3 Å². The number of carbonyl (C=O) groups is 3. The van der Waals surface area contributed by atoms with Gasteiger partial charge >= 0.3 is 12.0 Å². The van der Waals surface area contributed by atoms with Crippen molar-refractivity contribution in [2.45, 2.75) is 44.0 Å². The Kier molecular flexibility index (Phi) is 6.89. The van der Waals surface area contributed by atoms with E-state index in [0.717, 1.165) is 11.0 Å². The van der Waals surface area contributed by atoms with Crippen LogP contribution in [0, 0.1) is 0 Å². The van der Waals surface area contributed by atoms with Gasteiger partial charge in [0.1, 0.15) is 4.90 Å². The number of nitrogens with zero attached hydrogens (tertiary/aromatic N) is 2. The molecule has 1 N–H and O–H groups in total. The summed E-state index contributed by atoms with van der Waals surface area (Å²) >= 11 is 6.14. The average Bonchev–Trinajstić information content (AvgIpc) is 3.12. The second kappa shape index (κ2) is 9.11. The van der Waals surface area contributed by atoms with Crippen LogP contribution in [0.25, 0.3) is 0 Å². The summed E-state index contributed by atoms with van der Waals surface area (Å²) < 4.78 is 38.3. The van der Waals surface area contributed by atoms with Crippen LogP contribution in [0.15, 0.2) is 23.1 Å². The van der Waals surface area contributed by atoms with Crippen molar-refractivity contribution in [3.05, 3.63) is 28.8 Å². The fourth-order valence-corrected chi connectivity index (χ4v) is 5.57. The number of hydrogen-bond donors (Lipinski definition) is 1. The largest absolute Gasteiger partial charge is 0.449 e. The van der Waals surface area contributed by atoms with Crippen molar-refractivity contribution in [1.82, 2.24) is 14.5 Å². The number of rotatable bonds is 5. The fourth-order valence-electron chi connectivity index (χ4n) is 3.47. The molecule has 3 atom stereocenters. The maximum Gasteiger partial charge on any atom is 0.338 e. The van der Waals surface area contributed by atoms with E-state index in [1.165, 1.54) is 23.4 Å². The normalized spacial score (nSPS) is 23.4. The molecule has 1 aromatic carbocycles. The molecule has 3 amide bonds. The molecule has 2 fully saturated rings. The summed E-state index contributed by atoms with van der Waals surface area (Å²) in [4.78, 5) is 37.2. The molecule has 0 bridgehead atoms. The Labute approximate surface area is 185 Å². The Balaban J connectivity index is 1.79. The SMILES string of the molecule is C[C@@H]1CN(S(=O)(=O)c2cc(C(=O)O[C@@H](C)C(=O)N3CCNC3=O)ccc2Cl)C[C@H](C)O1. The average molecular weight is 474 g/mol. The van der Waals surface area contributed by atoms with Crippen LogP contribution < -0.4 is 5.32 Å². The van der Waals surface area contributed by atoms with Crippen molar-refractivity contribution >= 4 is 39.5 Å². The van der Waals surface area contributed by atoms with E-state index in [0.29, 0.717) is 6.54 Å². The van der Waals surface area contributed by atoms with E-state index in [9.17, 15) is 22.8 Å². The van der Waals surface area contributed by atoms with Crippen LogP contribution in [0.4, 0.5) is 4.79 Å². The second-order valence-electron chi connectivity index (χ2n) is 7.49. The molecule has 2 aliphatic rings. The van der Waals surface area contributed by atoms with Crippen molar-refractivity contribution in [3.8, 4) is 0 Å². The molecule has 0 saturated carbocycles. The van der Waals surface area contributed by atoms with Crippen molar-refractivity contribution in [2.75, 3.05) is 26.2 Å². The first-order valence-electron chi connectivity index (χ1n) is 9.76. The number of hydrogen-bond acceptors (Lipinski definition) is 7. The highest BCUT2D eigenvalue weighted by atomic mass is 35.5. The van der Waals surface area contributed by atoms with E-state index < -0.39 is 34.0 Å². The molecular weight excluding hydrogens is 450 g/mol. The van der Waals surface area contributed by atoms with Crippen LogP contribution >= 0.6 is 11.6 Å². The smallest absolute Gasteiger partial charge is 0.338 e. The van der Waals surface area contributed by atoms with E-state index >= 15 is 0 Å². The topological polar surface area (TPSA) is 122 Å². The van der Waals surface area contributed by atoms with Gasteiger partial charge < -0.3 is 14.8 Å². The Bertz CT molecular complexity index is 990. The van der Waals surface area contributed by atoms with E-state index in [-0.39, 0.29) is 47.3 Å². The Morgan fingerprint density at radius 1 is 1.26 bits per heavy atom. The first-order valence-corrected chi connectivity index (χ1v) is 11.6. The van der Waals surface area contributed by atoms with Gasteiger partial charge in [0.15, 0.2) is 6.10 Å². The highest BCUT2D eigenvalue weighted by molar-refractivity contribution is 7.89. The molecule has 2 saturated heterocycles. The number of sulfonamides is 1. The van der Waals surface area contributed by atoms with Gasteiger partial charge in [-0.25, -0.2) is 18.0 Å². The van der Waals surface area contributed by atoms with Crippen molar-refractivity contribution in [3.63, 3.8) is 0 Å². The minimum Gasteiger partial charge on any atom is -0.449 e. The first-order chi connectivity index (χ1) is 14.5. The summed E-state index contributed by atoms with van der Waals surface area (Å²) in [5.74, 6) is -1.57. The molecule has 170 valence electrons. The molecule has 2 heterocycles.